The molecule has 0 radical (unpaired) electrons. The number of esters is 1. The Morgan fingerprint density at radius 3 is 2.53 bits per heavy atom. The van der Waals surface area contributed by atoms with Gasteiger partial charge in [-0.05, 0) is 13.3 Å². The lowest BCUT2D eigenvalue weighted by atomic mass is 10.1. The Morgan fingerprint density at radius 1 is 1.40 bits per heavy atom. The van der Waals surface area contributed by atoms with Gasteiger partial charge in [-0.3, -0.25) is 4.79 Å². The second-order valence-corrected chi connectivity index (χ2v) is 4.29. The summed E-state index contributed by atoms with van der Waals surface area (Å²) in [6, 6.07) is 0. The van der Waals surface area contributed by atoms with E-state index in [4.69, 9.17) is 32.7 Å². The van der Waals surface area contributed by atoms with Crippen molar-refractivity contribution >= 4 is 29.2 Å². The van der Waals surface area contributed by atoms with Crippen LogP contribution in [0.25, 0.3) is 0 Å². The lowest BCUT2D eigenvalue weighted by Gasteiger charge is -2.09. The minimum atomic E-state index is -0.216. The molecule has 0 aliphatic heterocycles. The molecule has 15 heavy (non-hydrogen) atoms. The molecule has 1 rings (SSSR count). The minimum Gasteiger partial charge on any atom is -0.463 e. The van der Waals surface area contributed by atoms with E-state index < -0.39 is 0 Å². The van der Waals surface area contributed by atoms with Crippen molar-refractivity contribution in [2.24, 2.45) is 11.3 Å². The van der Waals surface area contributed by atoms with Crippen LogP contribution >= 0.6 is 23.2 Å². The molecular weight excluding hydrogens is 239 g/mol. The molecule has 1 atom stereocenters. The molecule has 0 bridgehead atoms. The van der Waals surface area contributed by atoms with Crippen LogP contribution < -0.4 is 0 Å². The lowest BCUT2D eigenvalue weighted by molar-refractivity contribution is -0.147. The first-order valence-electron chi connectivity index (χ1n) is 5.06. The Hall–Kier alpha value is 0.01000. The average Bonchev–Trinajstić information content (AvgIpc) is 2.99. The van der Waals surface area contributed by atoms with E-state index in [1.807, 2.05) is 6.92 Å². The molecule has 3 nitrogen and oxygen atoms in total. The Morgan fingerprint density at radius 2 is 2.07 bits per heavy atom. The van der Waals surface area contributed by atoms with Crippen molar-refractivity contribution < 1.29 is 14.3 Å². The van der Waals surface area contributed by atoms with Gasteiger partial charge in [-0.2, -0.15) is 0 Å². The zero-order chi connectivity index (χ0) is 11.3. The third kappa shape index (κ3) is 3.23. The maximum absolute atomic E-state index is 11.5. The molecule has 0 aromatic rings. The third-order valence-electron chi connectivity index (χ3n) is 2.68. The highest BCUT2D eigenvalue weighted by atomic mass is 35.5. The number of carbonyl (C=O) groups is 1. The molecule has 0 aromatic heterocycles. The van der Waals surface area contributed by atoms with Crippen molar-refractivity contribution in [3.63, 3.8) is 0 Å². The fourth-order valence-electron chi connectivity index (χ4n) is 1.46. The van der Waals surface area contributed by atoms with Crippen molar-refractivity contribution in [3.05, 3.63) is 0 Å². The Labute approximate surface area is 100 Å². The van der Waals surface area contributed by atoms with Gasteiger partial charge in [0.1, 0.15) is 6.61 Å². The van der Waals surface area contributed by atoms with Crippen LogP contribution in [0.2, 0.25) is 0 Å². The molecular formula is C10H16Cl2O3. The van der Waals surface area contributed by atoms with Gasteiger partial charge in [0.2, 0.25) is 0 Å². The van der Waals surface area contributed by atoms with Gasteiger partial charge in [0.25, 0.3) is 0 Å². The molecule has 1 aliphatic carbocycles. The van der Waals surface area contributed by atoms with Crippen LogP contribution in [0.3, 0.4) is 0 Å². The zero-order valence-electron chi connectivity index (χ0n) is 8.80. The summed E-state index contributed by atoms with van der Waals surface area (Å²) in [5, 5.41) is 0. The van der Waals surface area contributed by atoms with E-state index in [1.165, 1.54) is 0 Å². The standard InChI is InChI=1S/C10H16Cl2O3/c1-2-14-3-4-15-9(13)8-5-10(8,6-11)7-12/h8H,2-7H2,1H3. The van der Waals surface area contributed by atoms with Gasteiger partial charge in [-0.25, -0.2) is 0 Å². The van der Waals surface area contributed by atoms with Gasteiger partial charge in [0, 0.05) is 23.8 Å². The monoisotopic (exact) mass is 254 g/mol. The number of hydrogen-bond donors (Lipinski definition) is 0. The van der Waals surface area contributed by atoms with Gasteiger partial charge in [0.15, 0.2) is 0 Å². The van der Waals surface area contributed by atoms with Crippen molar-refractivity contribution in [3.8, 4) is 0 Å². The molecule has 0 saturated heterocycles. The first-order valence-corrected chi connectivity index (χ1v) is 6.13. The Balaban J connectivity index is 2.20. The second-order valence-electron chi connectivity index (χ2n) is 3.75. The maximum atomic E-state index is 11.5. The van der Waals surface area contributed by atoms with Crippen LogP contribution in [0.4, 0.5) is 0 Å². The summed E-state index contributed by atoms with van der Waals surface area (Å²) in [7, 11) is 0. The van der Waals surface area contributed by atoms with Gasteiger partial charge in [-0.1, -0.05) is 0 Å². The Kier molecular flexibility index (Phi) is 5.16. The highest BCUT2D eigenvalue weighted by molar-refractivity contribution is 6.22. The molecule has 1 fully saturated rings. The molecule has 1 saturated carbocycles. The fourth-order valence-corrected chi connectivity index (χ4v) is 2.33. The number of hydrogen-bond acceptors (Lipinski definition) is 3. The number of ether oxygens (including phenoxy) is 2. The predicted molar refractivity (Wildman–Crippen MR) is 59.4 cm³/mol. The molecule has 1 unspecified atom stereocenters. The summed E-state index contributed by atoms with van der Waals surface area (Å²) in [5.74, 6) is 0.522. The number of carbonyl (C=O) groups excluding carboxylic acids is 1. The van der Waals surface area contributed by atoms with E-state index in [0.717, 1.165) is 6.42 Å². The first kappa shape index (κ1) is 13.1. The summed E-state index contributed by atoms with van der Waals surface area (Å²) in [4.78, 5) is 11.5. The molecule has 1 aliphatic rings. The molecule has 88 valence electrons. The van der Waals surface area contributed by atoms with Gasteiger partial charge in [0.05, 0.1) is 12.5 Å². The van der Waals surface area contributed by atoms with Crippen LogP contribution in [0.15, 0.2) is 0 Å². The van der Waals surface area contributed by atoms with E-state index >= 15 is 0 Å². The lowest BCUT2D eigenvalue weighted by Crippen LogP contribution is -2.18. The van der Waals surface area contributed by atoms with Crippen LogP contribution in [0.5, 0.6) is 0 Å². The van der Waals surface area contributed by atoms with Crippen molar-refractivity contribution in [1.82, 2.24) is 0 Å². The van der Waals surface area contributed by atoms with Gasteiger partial charge < -0.3 is 9.47 Å². The summed E-state index contributed by atoms with van der Waals surface area (Å²) in [6.07, 6.45) is 0.744. The number of halogens is 2. The van der Waals surface area contributed by atoms with Crippen LogP contribution in [0, 0.1) is 11.3 Å². The topological polar surface area (TPSA) is 35.5 Å². The van der Waals surface area contributed by atoms with E-state index in [1.54, 1.807) is 0 Å². The van der Waals surface area contributed by atoms with E-state index in [9.17, 15) is 4.79 Å². The summed E-state index contributed by atoms with van der Waals surface area (Å²) in [5.41, 5.74) is -0.216. The molecule has 0 heterocycles. The van der Waals surface area contributed by atoms with Gasteiger partial charge in [-0.15, -0.1) is 23.2 Å². The van der Waals surface area contributed by atoms with Crippen molar-refractivity contribution in [2.75, 3.05) is 31.6 Å². The van der Waals surface area contributed by atoms with E-state index in [2.05, 4.69) is 0 Å². The van der Waals surface area contributed by atoms with Crippen LogP contribution in [-0.2, 0) is 14.3 Å². The molecule has 0 N–H and O–H groups in total. The highest BCUT2D eigenvalue weighted by Gasteiger charge is 2.58. The summed E-state index contributed by atoms with van der Waals surface area (Å²) in [6.45, 7) is 3.29. The number of rotatable bonds is 7. The third-order valence-corrected chi connectivity index (χ3v) is 3.75. The summed E-state index contributed by atoms with van der Waals surface area (Å²) >= 11 is 11.5. The van der Waals surface area contributed by atoms with Crippen LogP contribution in [0.1, 0.15) is 13.3 Å². The maximum Gasteiger partial charge on any atom is 0.309 e. The SMILES string of the molecule is CCOCCOC(=O)C1CC1(CCl)CCl. The number of alkyl halides is 2. The smallest absolute Gasteiger partial charge is 0.309 e. The zero-order valence-corrected chi connectivity index (χ0v) is 10.3. The van der Waals surface area contributed by atoms with Crippen molar-refractivity contribution in [2.45, 2.75) is 13.3 Å². The molecule has 0 spiro atoms. The molecule has 0 amide bonds. The van der Waals surface area contributed by atoms with Crippen molar-refractivity contribution in [1.29, 1.82) is 0 Å². The van der Waals surface area contributed by atoms with Crippen LogP contribution in [-0.4, -0.2) is 37.5 Å². The largest absolute Gasteiger partial charge is 0.463 e. The normalized spacial score (nSPS) is 22.5. The fraction of sp³-hybridized carbons (Fsp3) is 0.900. The van der Waals surface area contributed by atoms with E-state index in [0.29, 0.717) is 31.6 Å². The summed E-state index contributed by atoms with van der Waals surface area (Å²) < 4.78 is 10.1. The molecule has 5 heteroatoms. The second kappa shape index (κ2) is 5.92. The predicted octanol–water partition coefficient (Wildman–Crippen LogP) is 2.05. The minimum absolute atomic E-state index is 0.117. The first-order chi connectivity index (χ1) is 7.20. The Bertz CT molecular complexity index is 217. The average molecular weight is 255 g/mol. The molecule has 0 aromatic carbocycles. The highest BCUT2D eigenvalue weighted by Crippen LogP contribution is 2.54. The quantitative estimate of drug-likeness (QED) is 0.397. The van der Waals surface area contributed by atoms with Gasteiger partial charge >= 0.3 is 5.97 Å². The van der Waals surface area contributed by atoms with E-state index in [-0.39, 0.29) is 17.3 Å².